The largest absolute Gasteiger partial charge is 0.469 e. The molecule has 0 radical (unpaired) electrons. The number of phosphoric ester groups is 1. The van der Waals surface area contributed by atoms with Crippen LogP contribution in [0, 0.1) is 0 Å². The van der Waals surface area contributed by atoms with Gasteiger partial charge in [-0.3, -0.25) is 14.1 Å². The van der Waals surface area contributed by atoms with E-state index < -0.39 is 32.5 Å². The van der Waals surface area contributed by atoms with Crippen LogP contribution < -0.4 is 0 Å². The van der Waals surface area contributed by atoms with E-state index in [0.717, 1.165) is 70.6 Å². The smallest absolute Gasteiger partial charge is 0.462 e. The molecule has 0 aliphatic carbocycles. The molecular weight excluding hydrogens is 567 g/mol. The van der Waals surface area contributed by atoms with Crippen LogP contribution in [0.1, 0.15) is 149 Å². The summed E-state index contributed by atoms with van der Waals surface area (Å²) in [6.45, 7) is 3.51. The number of phosphoric acid groups is 1. The number of rotatable bonds is 30. The highest BCUT2D eigenvalue weighted by Crippen LogP contribution is 2.35. The van der Waals surface area contributed by atoms with Gasteiger partial charge in [0.2, 0.25) is 0 Å². The second-order valence-electron chi connectivity index (χ2n) is 11.1. The Hall–Kier alpha value is -1.73. The van der Waals surface area contributed by atoms with Crippen molar-refractivity contribution in [3.63, 3.8) is 0 Å². The Labute approximate surface area is 262 Å². The fourth-order valence-electron chi connectivity index (χ4n) is 4.44. The SMILES string of the molecule is CC/C=C/C/C=C/C/C=C/CCCCCCCC(=O)OC[C@H](COP(=O)(O)O)OC(=O)CCCCCCCCCCCC. The molecule has 9 heteroatoms. The van der Waals surface area contributed by atoms with E-state index in [-0.39, 0.29) is 19.4 Å². The zero-order chi connectivity index (χ0) is 31.9. The van der Waals surface area contributed by atoms with Gasteiger partial charge in [-0.1, -0.05) is 127 Å². The third-order valence-corrected chi connectivity index (χ3v) is 7.41. The third-order valence-electron chi connectivity index (χ3n) is 6.92. The van der Waals surface area contributed by atoms with Crippen LogP contribution in [-0.4, -0.2) is 41.0 Å². The minimum absolute atomic E-state index is 0.209. The Balaban J connectivity index is 4.03. The minimum atomic E-state index is -4.74. The van der Waals surface area contributed by atoms with Gasteiger partial charge in [-0.2, -0.15) is 0 Å². The molecular formula is C34H61O8P. The maximum Gasteiger partial charge on any atom is 0.469 e. The molecule has 0 aromatic heterocycles. The molecule has 250 valence electrons. The first kappa shape index (κ1) is 41.3. The van der Waals surface area contributed by atoms with Gasteiger partial charge >= 0.3 is 19.8 Å². The molecule has 0 spiro atoms. The molecule has 0 amide bonds. The van der Waals surface area contributed by atoms with Gasteiger partial charge in [0.05, 0.1) is 6.61 Å². The number of allylic oxidation sites excluding steroid dienone is 6. The molecule has 0 rings (SSSR count). The zero-order valence-corrected chi connectivity index (χ0v) is 28.0. The molecule has 0 saturated carbocycles. The second kappa shape index (κ2) is 30.3. The highest BCUT2D eigenvalue weighted by atomic mass is 31.2. The van der Waals surface area contributed by atoms with Gasteiger partial charge < -0.3 is 19.3 Å². The van der Waals surface area contributed by atoms with Crippen LogP contribution in [-0.2, 0) is 28.2 Å². The molecule has 8 nitrogen and oxygen atoms in total. The first-order valence-corrected chi connectivity index (χ1v) is 18.3. The second-order valence-corrected chi connectivity index (χ2v) is 12.4. The fraction of sp³-hybridized carbons (Fsp3) is 0.765. The molecule has 0 aliphatic rings. The van der Waals surface area contributed by atoms with E-state index in [1.54, 1.807) is 0 Å². The van der Waals surface area contributed by atoms with Crippen molar-refractivity contribution in [2.75, 3.05) is 13.2 Å². The molecule has 1 atom stereocenters. The lowest BCUT2D eigenvalue weighted by Crippen LogP contribution is -2.29. The van der Waals surface area contributed by atoms with Gasteiger partial charge in [-0.05, 0) is 44.9 Å². The molecule has 0 aromatic carbocycles. The molecule has 0 fully saturated rings. The highest BCUT2D eigenvalue weighted by molar-refractivity contribution is 7.46. The predicted octanol–water partition coefficient (Wildman–Crippen LogP) is 9.45. The summed E-state index contributed by atoms with van der Waals surface area (Å²) in [6, 6.07) is 0. The van der Waals surface area contributed by atoms with Crippen molar-refractivity contribution in [3.05, 3.63) is 36.5 Å². The summed E-state index contributed by atoms with van der Waals surface area (Å²) in [6.07, 6.45) is 33.0. The first-order chi connectivity index (χ1) is 20.8. The third kappa shape index (κ3) is 33.0. The lowest BCUT2D eigenvalue weighted by Gasteiger charge is -2.18. The van der Waals surface area contributed by atoms with Gasteiger partial charge in [0, 0.05) is 12.8 Å². The van der Waals surface area contributed by atoms with E-state index in [4.69, 9.17) is 19.3 Å². The zero-order valence-electron chi connectivity index (χ0n) is 27.1. The Kier molecular flexibility index (Phi) is 29.1. The average Bonchev–Trinajstić information content (AvgIpc) is 2.97. The number of unbranched alkanes of at least 4 members (excludes halogenated alkanes) is 14. The van der Waals surface area contributed by atoms with Crippen molar-refractivity contribution in [2.24, 2.45) is 0 Å². The lowest BCUT2D eigenvalue weighted by atomic mass is 10.1. The quantitative estimate of drug-likeness (QED) is 0.0349. The van der Waals surface area contributed by atoms with Crippen LogP contribution in [0.15, 0.2) is 36.5 Å². The van der Waals surface area contributed by atoms with Crippen LogP contribution in [0.5, 0.6) is 0 Å². The predicted molar refractivity (Wildman–Crippen MR) is 175 cm³/mol. The summed E-state index contributed by atoms with van der Waals surface area (Å²) in [5, 5.41) is 0. The summed E-state index contributed by atoms with van der Waals surface area (Å²) in [7, 11) is -4.74. The Morgan fingerprint density at radius 3 is 1.67 bits per heavy atom. The first-order valence-electron chi connectivity index (χ1n) is 16.8. The fourth-order valence-corrected chi connectivity index (χ4v) is 4.80. The van der Waals surface area contributed by atoms with Crippen LogP contribution in [0.4, 0.5) is 0 Å². The topological polar surface area (TPSA) is 119 Å². The summed E-state index contributed by atoms with van der Waals surface area (Å²) in [5.74, 6) is -0.908. The van der Waals surface area contributed by atoms with Crippen LogP contribution in [0.2, 0.25) is 0 Å². The highest BCUT2D eigenvalue weighted by Gasteiger charge is 2.22. The molecule has 2 N–H and O–H groups in total. The monoisotopic (exact) mass is 628 g/mol. The molecule has 0 heterocycles. The van der Waals surface area contributed by atoms with E-state index in [2.05, 4.69) is 54.8 Å². The number of carbonyl (C=O) groups excluding carboxylic acids is 2. The maximum absolute atomic E-state index is 12.3. The normalized spacial score (nSPS) is 12.9. The molecule has 0 saturated heterocycles. The van der Waals surface area contributed by atoms with E-state index >= 15 is 0 Å². The molecule has 0 aliphatic heterocycles. The van der Waals surface area contributed by atoms with Crippen molar-refractivity contribution in [1.29, 1.82) is 0 Å². The molecule has 0 unspecified atom stereocenters. The molecule has 0 aromatic rings. The number of carbonyl (C=O) groups is 2. The van der Waals surface area contributed by atoms with Gasteiger partial charge in [0.25, 0.3) is 0 Å². The number of ether oxygens (including phenoxy) is 2. The Morgan fingerprint density at radius 1 is 0.628 bits per heavy atom. The average molecular weight is 629 g/mol. The number of esters is 2. The minimum Gasteiger partial charge on any atom is -0.462 e. The van der Waals surface area contributed by atoms with Crippen molar-refractivity contribution in [1.82, 2.24) is 0 Å². The summed E-state index contributed by atoms with van der Waals surface area (Å²) in [5.41, 5.74) is 0. The summed E-state index contributed by atoms with van der Waals surface area (Å²) in [4.78, 5) is 42.5. The molecule has 43 heavy (non-hydrogen) atoms. The van der Waals surface area contributed by atoms with Crippen molar-refractivity contribution >= 4 is 19.8 Å². The van der Waals surface area contributed by atoms with Gasteiger partial charge in [0.1, 0.15) is 6.61 Å². The Bertz CT molecular complexity index is 802. The van der Waals surface area contributed by atoms with Crippen molar-refractivity contribution in [2.45, 2.75) is 155 Å². The molecule has 0 bridgehead atoms. The van der Waals surface area contributed by atoms with E-state index in [9.17, 15) is 14.2 Å². The standard InChI is InChI=1S/C34H61O8P/c1-3-5-7-9-11-13-15-16-17-18-19-21-22-24-26-28-33(35)40-30-32(31-41-43(37,38)39)42-34(36)29-27-25-23-20-14-12-10-8-6-4-2/h5,7,11,13,16-17,32H,3-4,6,8-10,12,14-15,18-31H2,1-2H3,(H2,37,38,39)/b7-5+,13-11+,17-16+/t32-/m1/s1. The van der Waals surface area contributed by atoms with Gasteiger partial charge in [-0.15, -0.1) is 0 Å². The van der Waals surface area contributed by atoms with E-state index in [0.29, 0.717) is 12.8 Å². The maximum atomic E-state index is 12.3. The Morgan fingerprint density at radius 2 is 1.12 bits per heavy atom. The van der Waals surface area contributed by atoms with Crippen LogP contribution in [0.3, 0.4) is 0 Å². The lowest BCUT2D eigenvalue weighted by molar-refractivity contribution is -0.161. The van der Waals surface area contributed by atoms with Crippen molar-refractivity contribution in [3.8, 4) is 0 Å². The number of hydrogen-bond acceptors (Lipinski definition) is 6. The summed E-state index contributed by atoms with van der Waals surface area (Å²) >= 11 is 0. The number of hydrogen-bond donors (Lipinski definition) is 2. The van der Waals surface area contributed by atoms with Crippen LogP contribution in [0.25, 0.3) is 0 Å². The van der Waals surface area contributed by atoms with Crippen LogP contribution >= 0.6 is 7.82 Å². The summed E-state index contributed by atoms with van der Waals surface area (Å²) < 4.78 is 26.2. The van der Waals surface area contributed by atoms with E-state index in [1.807, 2.05) is 0 Å². The van der Waals surface area contributed by atoms with E-state index in [1.165, 1.54) is 38.5 Å². The van der Waals surface area contributed by atoms with Gasteiger partial charge in [-0.25, -0.2) is 4.57 Å². The van der Waals surface area contributed by atoms with Crippen molar-refractivity contribution < 1.29 is 37.9 Å². The van der Waals surface area contributed by atoms with Gasteiger partial charge in [0.15, 0.2) is 6.10 Å².